The highest BCUT2D eigenvalue weighted by atomic mass is 14.7. The summed E-state index contributed by atoms with van der Waals surface area (Å²) in [4.78, 5) is 8.29. The molecular weight excluding hydrogens is 148 g/mol. The maximum atomic E-state index is 4.24. The third-order valence-electron chi connectivity index (χ3n) is 1.61. The number of nitrogens with zero attached hydrogens (tertiary/aromatic N) is 2. The van der Waals surface area contributed by atoms with Crippen LogP contribution in [0.3, 0.4) is 0 Å². The molecule has 0 saturated heterocycles. The van der Waals surface area contributed by atoms with Crippen LogP contribution in [0, 0.1) is 6.92 Å². The van der Waals surface area contributed by atoms with Crippen molar-refractivity contribution < 1.29 is 0 Å². The van der Waals surface area contributed by atoms with E-state index in [0.717, 1.165) is 16.8 Å². The van der Waals surface area contributed by atoms with E-state index in [4.69, 9.17) is 0 Å². The zero-order valence-electron chi connectivity index (χ0n) is 7.41. The molecule has 0 bridgehead atoms. The van der Waals surface area contributed by atoms with Gasteiger partial charge in [-0.2, -0.15) is 0 Å². The number of hydrogen-bond donors (Lipinski definition) is 0. The number of pyridine rings is 1. The van der Waals surface area contributed by atoms with E-state index in [1.807, 2.05) is 13.8 Å². The van der Waals surface area contributed by atoms with Crippen molar-refractivity contribution in [2.75, 3.05) is 0 Å². The van der Waals surface area contributed by atoms with E-state index in [1.165, 1.54) is 0 Å². The predicted molar refractivity (Wildman–Crippen MR) is 52.9 cm³/mol. The highest BCUT2D eigenvalue weighted by Crippen LogP contribution is 2.22. The SMILES string of the molecule is C=Cc1cncc(C)c1N=CC. The van der Waals surface area contributed by atoms with Gasteiger partial charge in [-0.3, -0.25) is 9.98 Å². The van der Waals surface area contributed by atoms with E-state index >= 15 is 0 Å². The Morgan fingerprint density at radius 2 is 2.25 bits per heavy atom. The monoisotopic (exact) mass is 160 g/mol. The Bertz CT molecular complexity index is 314. The van der Waals surface area contributed by atoms with Crippen molar-refractivity contribution in [3.63, 3.8) is 0 Å². The third kappa shape index (κ3) is 1.59. The van der Waals surface area contributed by atoms with Crippen molar-refractivity contribution in [1.29, 1.82) is 0 Å². The van der Waals surface area contributed by atoms with Crippen LogP contribution in [0.25, 0.3) is 6.08 Å². The standard InChI is InChI=1S/C10H12N2/c1-4-9-7-11-6-8(3)10(9)12-5-2/h4-7H,1H2,2-3H3. The normalized spacial score (nSPS) is 10.5. The van der Waals surface area contributed by atoms with E-state index in [2.05, 4.69) is 16.6 Å². The Labute approximate surface area is 72.7 Å². The van der Waals surface area contributed by atoms with Crippen LogP contribution >= 0.6 is 0 Å². The molecule has 1 rings (SSSR count). The van der Waals surface area contributed by atoms with Crippen LogP contribution in [0.1, 0.15) is 18.1 Å². The van der Waals surface area contributed by atoms with Gasteiger partial charge >= 0.3 is 0 Å². The predicted octanol–water partition coefficient (Wildman–Crippen LogP) is 2.76. The first-order chi connectivity index (χ1) is 5.79. The van der Waals surface area contributed by atoms with E-state index in [9.17, 15) is 0 Å². The lowest BCUT2D eigenvalue weighted by atomic mass is 10.1. The van der Waals surface area contributed by atoms with Gasteiger partial charge in [0.05, 0.1) is 5.69 Å². The first-order valence-electron chi connectivity index (χ1n) is 3.85. The molecule has 0 aliphatic rings. The molecule has 0 aliphatic carbocycles. The van der Waals surface area contributed by atoms with Crippen LogP contribution < -0.4 is 0 Å². The van der Waals surface area contributed by atoms with E-state index in [0.29, 0.717) is 0 Å². The number of aromatic nitrogens is 1. The zero-order valence-corrected chi connectivity index (χ0v) is 7.41. The van der Waals surface area contributed by atoms with E-state index in [-0.39, 0.29) is 0 Å². The van der Waals surface area contributed by atoms with Gasteiger partial charge < -0.3 is 0 Å². The molecule has 1 heterocycles. The van der Waals surface area contributed by atoms with Crippen molar-refractivity contribution >= 4 is 18.0 Å². The Hall–Kier alpha value is -1.44. The summed E-state index contributed by atoms with van der Waals surface area (Å²) in [5.41, 5.74) is 3.01. The van der Waals surface area contributed by atoms with Gasteiger partial charge in [-0.25, -0.2) is 0 Å². The molecule has 0 aliphatic heterocycles. The molecule has 0 unspecified atom stereocenters. The Morgan fingerprint density at radius 3 is 2.83 bits per heavy atom. The highest BCUT2D eigenvalue weighted by molar-refractivity contribution is 5.70. The molecule has 2 heteroatoms. The molecule has 0 saturated carbocycles. The molecule has 0 amide bonds. The van der Waals surface area contributed by atoms with Gasteiger partial charge in [0.2, 0.25) is 0 Å². The lowest BCUT2D eigenvalue weighted by Gasteiger charge is -2.02. The first-order valence-corrected chi connectivity index (χ1v) is 3.85. The largest absolute Gasteiger partial charge is 0.264 e. The summed E-state index contributed by atoms with van der Waals surface area (Å²) in [6.07, 6.45) is 7.11. The molecule has 1 aromatic rings. The fraction of sp³-hybridized carbons (Fsp3) is 0.200. The molecule has 62 valence electrons. The number of aliphatic imine (C=N–C) groups is 1. The number of rotatable bonds is 2. The summed E-state index contributed by atoms with van der Waals surface area (Å²) in [6.45, 7) is 7.59. The summed E-state index contributed by atoms with van der Waals surface area (Å²) in [7, 11) is 0. The Kier molecular flexibility index (Phi) is 2.75. The second-order valence-electron chi connectivity index (χ2n) is 2.49. The average Bonchev–Trinajstić information content (AvgIpc) is 2.09. The summed E-state index contributed by atoms with van der Waals surface area (Å²) in [6, 6.07) is 0. The molecular formula is C10H12N2. The van der Waals surface area contributed by atoms with Crippen LogP contribution in [-0.2, 0) is 0 Å². The van der Waals surface area contributed by atoms with Gasteiger partial charge in [0.25, 0.3) is 0 Å². The van der Waals surface area contributed by atoms with Gasteiger partial charge in [0, 0.05) is 24.2 Å². The number of aryl methyl sites for hydroxylation is 1. The average molecular weight is 160 g/mol. The Balaban J connectivity index is 3.28. The Morgan fingerprint density at radius 1 is 1.50 bits per heavy atom. The van der Waals surface area contributed by atoms with Crippen molar-refractivity contribution in [1.82, 2.24) is 4.98 Å². The van der Waals surface area contributed by atoms with Gasteiger partial charge in [-0.05, 0) is 19.4 Å². The van der Waals surface area contributed by atoms with Gasteiger partial charge in [0.1, 0.15) is 0 Å². The minimum Gasteiger partial charge on any atom is -0.264 e. The molecule has 2 nitrogen and oxygen atoms in total. The quantitative estimate of drug-likeness (QED) is 0.611. The van der Waals surface area contributed by atoms with Crippen molar-refractivity contribution in [3.05, 3.63) is 30.1 Å². The molecule has 0 radical (unpaired) electrons. The molecule has 0 aromatic carbocycles. The minimum absolute atomic E-state index is 0.961. The fourth-order valence-electron chi connectivity index (χ4n) is 1.03. The molecule has 0 atom stereocenters. The van der Waals surface area contributed by atoms with Crippen LogP contribution in [0.5, 0.6) is 0 Å². The number of hydrogen-bond acceptors (Lipinski definition) is 2. The lowest BCUT2D eigenvalue weighted by molar-refractivity contribution is 1.24. The molecule has 0 spiro atoms. The maximum Gasteiger partial charge on any atom is 0.0757 e. The maximum absolute atomic E-state index is 4.24. The fourth-order valence-corrected chi connectivity index (χ4v) is 1.03. The molecule has 0 fully saturated rings. The second kappa shape index (κ2) is 3.81. The molecule has 12 heavy (non-hydrogen) atoms. The summed E-state index contributed by atoms with van der Waals surface area (Å²) in [5.74, 6) is 0. The van der Waals surface area contributed by atoms with Crippen LogP contribution in [-0.4, -0.2) is 11.2 Å². The van der Waals surface area contributed by atoms with E-state index in [1.54, 1.807) is 24.7 Å². The highest BCUT2D eigenvalue weighted by Gasteiger charge is 1.99. The van der Waals surface area contributed by atoms with Crippen LogP contribution in [0.15, 0.2) is 24.0 Å². The van der Waals surface area contributed by atoms with Crippen molar-refractivity contribution in [3.8, 4) is 0 Å². The lowest BCUT2D eigenvalue weighted by Crippen LogP contribution is -1.82. The van der Waals surface area contributed by atoms with Gasteiger partial charge in [0.15, 0.2) is 0 Å². The topological polar surface area (TPSA) is 25.2 Å². The van der Waals surface area contributed by atoms with Crippen LogP contribution in [0.4, 0.5) is 5.69 Å². The first kappa shape index (κ1) is 8.65. The summed E-state index contributed by atoms with van der Waals surface area (Å²) < 4.78 is 0. The second-order valence-corrected chi connectivity index (χ2v) is 2.49. The van der Waals surface area contributed by atoms with Gasteiger partial charge in [-0.15, -0.1) is 0 Å². The third-order valence-corrected chi connectivity index (χ3v) is 1.61. The summed E-state index contributed by atoms with van der Waals surface area (Å²) in [5, 5.41) is 0. The summed E-state index contributed by atoms with van der Waals surface area (Å²) >= 11 is 0. The van der Waals surface area contributed by atoms with Gasteiger partial charge in [-0.1, -0.05) is 12.7 Å². The van der Waals surface area contributed by atoms with E-state index < -0.39 is 0 Å². The zero-order chi connectivity index (χ0) is 8.97. The smallest absolute Gasteiger partial charge is 0.0757 e. The van der Waals surface area contributed by atoms with Crippen molar-refractivity contribution in [2.24, 2.45) is 4.99 Å². The molecule has 1 aromatic heterocycles. The van der Waals surface area contributed by atoms with Crippen LogP contribution in [0.2, 0.25) is 0 Å². The van der Waals surface area contributed by atoms with Crippen molar-refractivity contribution in [2.45, 2.75) is 13.8 Å². The molecule has 0 N–H and O–H groups in total. The minimum atomic E-state index is 0.961.